The van der Waals surface area contributed by atoms with Crippen LogP contribution < -0.4 is 5.32 Å². The molecule has 1 aliphatic rings. The van der Waals surface area contributed by atoms with E-state index >= 15 is 0 Å². The molecule has 0 aliphatic carbocycles. The number of rotatable bonds is 2. The van der Waals surface area contributed by atoms with Crippen LogP contribution in [0.15, 0.2) is 18.2 Å². The molecule has 1 aromatic rings. The summed E-state index contributed by atoms with van der Waals surface area (Å²) in [6, 6.07) is 7.90. The maximum atomic E-state index is 8.94. The number of hydrogen-bond acceptors (Lipinski definition) is 3. The topological polar surface area (TPSA) is 35.8 Å². The number of nitriles is 1. The highest BCUT2D eigenvalue weighted by molar-refractivity contribution is 7.99. The molecule has 1 saturated heterocycles. The minimum absolute atomic E-state index is 0.261. The zero-order valence-electron chi connectivity index (χ0n) is 10.7. The van der Waals surface area contributed by atoms with Gasteiger partial charge in [0.25, 0.3) is 0 Å². The summed E-state index contributed by atoms with van der Waals surface area (Å²) in [5, 5.41) is 13.1. The second kappa shape index (κ2) is 5.42. The molecule has 0 aromatic heterocycles. The van der Waals surface area contributed by atoms with Crippen molar-refractivity contribution in [2.45, 2.75) is 26.3 Å². The summed E-state index contributed by atoms with van der Waals surface area (Å²) in [6.07, 6.45) is 1.20. The van der Waals surface area contributed by atoms with E-state index < -0.39 is 0 Å². The fraction of sp³-hybridized carbons (Fsp3) is 0.500. The van der Waals surface area contributed by atoms with E-state index in [4.69, 9.17) is 16.9 Å². The number of nitrogens with one attached hydrogen (secondary N) is 1. The summed E-state index contributed by atoms with van der Waals surface area (Å²) in [7, 11) is 0. The van der Waals surface area contributed by atoms with Crippen LogP contribution in [0.5, 0.6) is 0 Å². The van der Waals surface area contributed by atoms with Gasteiger partial charge in [-0.05, 0) is 35.8 Å². The van der Waals surface area contributed by atoms with Crippen molar-refractivity contribution in [3.8, 4) is 6.07 Å². The molecular weight excluding hydrogens is 264 g/mol. The molecule has 96 valence electrons. The van der Waals surface area contributed by atoms with Gasteiger partial charge in [-0.3, -0.25) is 0 Å². The van der Waals surface area contributed by atoms with Gasteiger partial charge in [-0.15, -0.1) is 0 Å². The van der Waals surface area contributed by atoms with E-state index in [2.05, 4.69) is 25.2 Å². The van der Waals surface area contributed by atoms with Crippen molar-refractivity contribution in [3.05, 3.63) is 28.8 Å². The first-order chi connectivity index (χ1) is 8.53. The third-order valence-corrected chi connectivity index (χ3v) is 4.94. The minimum atomic E-state index is 0.261. The molecule has 18 heavy (non-hydrogen) atoms. The van der Waals surface area contributed by atoms with E-state index in [1.54, 1.807) is 12.1 Å². The Morgan fingerprint density at radius 3 is 2.94 bits per heavy atom. The Morgan fingerprint density at radius 1 is 1.50 bits per heavy atom. The maximum absolute atomic E-state index is 8.94. The van der Waals surface area contributed by atoms with Crippen molar-refractivity contribution < 1.29 is 0 Å². The molecule has 2 rings (SSSR count). The Kier molecular flexibility index (Phi) is 4.09. The molecule has 0 spiro atoms. The number of nitrogens with zero attached hydrogens (tertiary/aromatic N) is 1. The van der Waals surface area contributed by atoms with Gasteiger partial charge < -0.3 is 5.32 Å². The molecule has 1 unspecified atom stereocenters. The average Bonchev–Trinajstić information content (AvgIpc) is 2.34. The van der Waals surface area contributed by atoms with Crippen molar-refractivity contribution in [1.29, 1.82) is 5.26 Å². The van der Waals surface area contributed by atoms with Gasteiger partial charge in [0.15, 0.2) is 0 Å². The Hall–Kier alpha value is -0.850. The molecule has 1 atom stereocenters. The molecule has 0 saturated carbocycles. The lowest BCUT2D eigenvalue weighted by atomic mass is 9.82. The van der Waals surface area contributed by atoms with Crippen LogP contribution in [-0.2, 0) is 0 Å². The van der Waals surface area contributed by atoms with E-state index in [1.165, 1.54) is 12.2 Å². The van der Waals surface area contributed by atoms with E-state index in [0.717, 1.165) is 11.4 Å². The number of halogens is 1. The Bertz CT molecular complexity index is 479. The van der Waals surface area contributed by atoms with Crippen LogP contribution in [0.25, 0.3) is 0 Å². The molecule has 1 aliphatic heterocycles. The molecule has 1 N–H and O–H groups in total. The fourth-order valence-electron chi connectivity index (χ4n) is 2.07. The number of anilines is 1. The monoisotopic (exact) mass is 280 g/mol. The van der Waals surface area contributed by atoms with Gasteiger partial charge in [-0.1, -0.05) is 25.4 Å². The largest absolute Gasteiger partial charge is 0.380 e. The second-order valence-electron chi connectivity index (χ2n) is 5.32. The van der Waals surface area contributed by atoms with Gasteiger partial charge in [0.05, 0.1) is 22.3 Å². The quantitative estimate of drug-likeness (QED) is 0.884. The van der Waals surface area contributed by atoms with Crippen molar-refractivity contribution in [1.82, 2.24) is 0 Å². The van der Waals surface area contributed by atoms with Gasteiger partial charge in [0, 0.05) is 11.8 Å². The normalized spacial score (nSPS) is 22.2. The summed E-state index contributed by atoms with van der Waals surface area (Å²) in [5.74, 6) is 2.30. The predicted octanol–water partition coefficient (Wildman–Crippen LogP) is 4.16. The summed E-state index contributed by atoms with van der Waals surface area (Å²) in [4.78, 5) is 0. The Morgan fingerprint density at radius 2 is 2.28 bits per heavy atom. The third kappa shape index (κ3) is 2.93. The molecule has 0 bridgehead atoms. The van der Waals surface area contributed by atoms with E-state index in [1.807, 2.05) is 17.8 Å². The molecule has 1 fully saturated rings. The molecule has 0 amide bonds. The SMILES string of the molecule is CC1(C)CCSCC1Nc1cc(C#N)ccc1Cl. The van der Waals surface area contributed by atoms with Crippen LogP contribution in [0, 0.1) is 16.7 Å². The summed E-state index contributed by atoms with van der Waals surface area (Å²) in [6.45, 7) is 4.57. The summed E-state index contributed by atoms with van der Waals surface area (Å²) < 4.78 is 0. The van der Waals surface area contributed by atoms with E-state index in [9.17, 15) is 0 Å². The van der Waals surface area contributed by atoms with Gasteiger partial charge in [0.2, 0.25) is 0 Å². The Labute approximate surface area is 118 Å². The van der Waals surface area contributed by atoms with Gasteiger partial charge in [-0.2, -0.15) is 17.0 Å². The third-order valence-electron chi connectivity index (χ3n) is 3.54. The molecular formula is C14H17ClN2S. The minimum Gasteiger partial charge on any atom is -0.380 e. The van der Waals surface area contributed by atoms with E-state index in [-0.39, 0.29) is 5.41 Å². The number of hydrogen-bond donors (Lipinski definition) is 1. The highest BCUT2D eigenvalue weighted by atomic mass is 35.5. The van der Waals surface area contributed by atoms with Gasteiger partial charge in [-0.25, -0.2) is 0 Å². The predicted molar refractivity (Wildman–Crippen MR) is 79.3 cm³/mol. The highest BCUT2D eigenvalue weighted by Crippen LogP contribution is 2.37. The average molecular weight is 281 g/mol. The molecule has 2 nitrogen and oxygen atoms in total. The van der Waals surface area contributed by atoms with Crippen LogP contribution in [0.3, 0.4) is 0 Å². The van der Waals surface area contributed by atoms with Crippen LogP contribution in [0.4, 0.5) is 5.69 Å². The van der Waals surface area contributed by atoms with Crippen LogP contribution in [-0.4, -0.2) is 17.5 Å². The molecule has 0 radical (unpaired) electrons. The second-order valence-corrected chi connectivity index (χ2v) is 6.87. The van der Waals surface area contributed by atoms with Crippen molar-refractivity contribution in [3.63, 3.8) is 0 Å². The van der Waals surface area contributed by atoms with Gasteiger partial charge >= 0.3 is 0 Å². The Balaban J connectivity index is 2.20. The fourth-order valence-corrected chi connectivity index (χ4v) is 3.85. The van der Waals surface area contributed by atoms with Crippen LogP contribution in [0.1, 0.15) is 25.8 Å². The molecule has 4 heteroatoms. The lowest BCUT2D eigenvalue weighted by Crippen LogP contribution is -2.41. The first-order valence-electron chi connectivity index (χ1n) is 6.07. The highest BCUT2D eigenvalue weighted by Gasteiger charge is 2.32. The van der Waals surface area contributed by atoms with E-state index in [0.29, 0.717) is 16.6 Å². The first-order valence-corrected chi connectivity index (χ1v) is 7.60. The standard InChI is InChI=1S/C14H17ClN2S/c1-14(2)5-6-18-9-13(14)17-12-7-10(8-16)3-4-11(12)15/h3-4,7,13,17H,5-6,9H2,1-2H3. The summed E-state index contributed by atoms with van der Waals surface area (Å²) in [5.41, 5.74) is 1.77. The summed E-state index contributed by atoms with van der Waals surface area (Å²) >= 11 is 8.16. The van der Waals surface area contributed by atoms with Crippen molar-refractivity contribution >= 4 is 29.1 Å². The lowest BCUT2D eigenvalue weighted by Gasteiger charge is -2.39. The van der Waals surface area contributed by atoms with Gasteiger partial charge in [0.1, 0.15) is 0 Å². The van der Waals surface area contributed by atoms with Crippen LogP contribution in [0.2, 0.25) is 5.02 Å². The zero-order valence-corrected chi connectivity index (χ0v) is 12.2. The maximum Gasteiger partial charge on any atom is 0.0992 e. The van der Waals surface area contributed by atoms with Crippen molar-refractivity contribution in [2.75, 3.05) is 16.8 Å². The zero-order chi connectivity index (χ0) is 13.2. The first kappa shape index (κ1) is 13.6. The number of thioether (sulfide) groups is 1. The lowest BCUT2D eigenvalue weighted by molar-refractivity contribution is 0.305. The number of benzene rings is 1. The van der Waals surface area contributed by atoms with Crippen LogP contribution >= 0.6 is 23.4 Å². The molecule has 1 heterocycles. The smallest absolute Gasteiger partial charge is 0.0992 e. The van der Waals surface area contributed by atoms with Crippen molar-refractivity contribution in [2.24, 2.45) is 5.41 Å². The molecule has 1 aromatic carbocycles.